The monoisotopic (exact) mass is 418 g/mol. The molecule has 2 heterocycles. The van der Waals surface area contributed by atoms with E-state index >= 15 is 0 Å². The Bertz CT molecular complexity index is 1190. The topological polar surface area (TPSA) is 80.9 Å². The van der Waals surface area contributed by atoms with Gasteiger partial charge in [0.05, 0.1) is 18.1 Å². The smallest absolute Gasteiger partial charge is 0.436 e. The van der Waals surface area contributed by atoms with Crippen LogP contribution in [0.25, 0.3) is 33.8 Å². The van der Waals surface area contributed by atoms with E-state index < -0.39 is 12.1 Å². The van der Waals surface area contributed by atoms with E-state index in [4.69, 9.17) is 16.0 Å². The molecule has 0 saturated carbocycles. The van der Waals surface area contributed by atoms with Gasteiger partial charge in [0.15, 0.2) is 11.4 Å². The number of benzene rings is 2. The fourth-order valence-electron chi connectivity index (χ4n) is 2.53. The van der Waals surface area contributed by atoms with Gasteiger partial charge in [-0.2, -0.15) is 13.2 Å². The minimum absolute atomic E-state index is 0.294. The van der Waals surface area contributed by atoms with E-state index in [2.05, 4.69) is 15.0 Å². The predicted octanol–water partition coefficient (Wildman–Crippen LogP) is 5.11. The zero-order chi connectivity index (χ0) is 20.6. The Labute approximate surface area is 166 Å². The maximum Gasteiger partial charge on any atom is 0.471 e. The number of anilines is 1. The number of hydrogen-bond acceptors (Lipinski definition) is 5. The lowest BCUT2D eigenvalue weighted by molar-refractivity contribution is -0.167. The Morgan fingerprint density at radius 2 is 1.72 bits per heavy atom. The number of nitrogens with one attached hydrogen (secondary N) is 1. The summed E-state index contributed by atoms with van der Waals surface area (Å²) in [5, 5.41) is 2.19. The van der Waals surface area contributed by atoms with Crippen molar-refractivity contribution in [2.75, 3.05) is 5.32 Å². The molecule has 29 heavy (non-hydrogen) atoms. The van der Waals surface area contributed by atoms with E-state index in [9.17, 15) is 18.0 Å². The zero-order valence-corrected chi connectivity index (χ0v) is 15.1. The largest absolute Gasteiger partial charge is 0.471 e. The fourth-order valence-corrected chi connectivity index (χ4v) is 2.70. The van der Waals surface area contributed by atoms with Gasteiger partial charge < -0.3 is 9.73 Å². The summed E-state index contributed by atoms with van der Waals surface area (Å²) in [6.07, 6.45) is -2.67. The van der Waals surface area contributed by atoms with Crippen molar-refractivity contribution < 1.29 is 22.4 Å². The summed E-state index contributed by atoms with van der Waals surface area (Å²) in [5.41, 5.74) is 3.07. The number of carbonyl (C=O) groups excluding carboxylic acids is 1. The van der Waals surface area contributed by atoms with Crippen molar-refractivity contribution in [2.24, 2.45) is 0 Å². The van der Waals surface area contributed by atoms with Crippen LogP contribution in [0.4, 0.5) is 19.0 Å². The lowest BCUT2D eigenvalue weighted by Gasteiger charge is -2.07. The number of rotatable bonds is 3. The minimum atomic E-state index is -4.99. The molecule has 0 bridgehead atoms. The molecule has 0 fully saturated rings. The molecule has 6 nitrogen and oxygen atoms in total. The van der Waals surface area contributed by atoms with E-state index in [0.717, 1.165) is 11.8 Å². The molecule has 0 aliphatic heterocycles. The molecule has 0 radical (unpaired) electrons. The normalized spacial score (nSPS) is 11.6. The highest BCUT2D eigenvalue weighted by atomic mass is 35.5. The molecule has 0 spiro atoms. The van der Waals surface area contributed by atoms with Gasteiger partial charge in [-0.25, -0.2) is 9.97 Å². The standard InChI is InChI=1S/C19H10ClF3N4O2/c20-12-5-6-13-15(7-12)29-17(26-13)11-3-1-10(2-4-11)14-8-25-16(9-24-14)27-18(28)19(21,22)23/h1-9H,(H,25,27,28). The van der Waals surface area contributed by atoms with Crippen molar-refractivity contribution in [3.63, 3.8) is 0 Å². The first kappa shape index (κ1) is 18.9. The molecule has 2 aromatic heterocycles. The van der Waals surface area contributed by atoms with E-state index in [-0.39, 0.29) is 5.82 Å². The first-order valence-electron chi connectivity index (χ1n) is 8.17. The number of halogens is 4. The van der Waals surface area contributed by atoms with Crippen molar-refractivity contribution in [1.29, 1.82) is 0 Å². The van der Waals surface area contributed by atoms with E-state index in [1.807, 2.05) is 0 Å². The molecule has 0 saturated heterocycles. The molecule has 1 N–H and O–H groups in total. The summed E-state index contributed by atoms with van der Waals surface area (Å²) in [6.45, 7) is 0. The molecular weight excluding hydrogens is 409 g/mol. The summed E-state index contributed by atoms with van der Waals surface area (Å²) in [5.74, 6) is -1.98. The van der Waals surface area contributed by atoms with Crippen LogP contribution in [0, 0.1) is 0 Å². The van der Waals surface area contributed by atoms with Crippen LogP contribution in [0.3, 0.4) is 0 Å². The molecule has 10 heteroatoms. The molecule has 0 aliphatic rings. The molecule has 0 unspecified atom stereocenters. The number of hydrogen-bond donors (Lipinski definition) is 1. The number of fused-ring (bicyclic) bond motifs is 1. The average molecular weight is 419 g/mol. The molecular formula is C19H10ClF3N4O2. The van der Waals surface area contributed by atoms with E-state index in [1.165, 1.54) is 6.20 Å². The van der Waals surface area contributed by atoms with Crippen molar-refractivity contribution in [3.05, 3.63) is 59.9 Å². The van der Waals surface area contributed by atoms with Gasteiger partial charge in [-0.15, -0.1) is 0 Å². The molecule has 1 amide bonds. The second-order valence-corrected chi connectivity index (χ2v) is 6.38. The number of alkyl halides is 3. The van der Waals surface area contributed by atoms with Crippen LogP contribution in [0.5, 0.6) is 0 Å². The molecule has 4 rings (SSSR count). The molecule has 0 atom stereocenters. The Morgan fingerprint density at radius 3 is 2.38 bits per heavy atom. The quantitative estimate of drug-likeness (QED) is 0.500. The number of nitrogens with zero attached hydrogens (tertiary/aromatic N) is 3. The Kier molecular flexibility index (Phi) is 4.67. The number of amides is 1. The SMILES string of the molecule is O=C(Nc1cnc(-c2ccc(-c3nc4ccc(Cl)cc4o3)cc2)cn1)C(F)(F)F. The zero-order valence-electron chi connectivity index (χ0n) is 14.4. The number of oxazole rings is 1. The van der Waals surface area contributed by atoms with Gasteiger partial charge in [0.1, 0.15) is 5.52 Å². The maximum absolute atomic E-state index is 12.3. The highest BCUT2D eigenvalue weighted by Gasteiger charge is 2.38. The molecule has 146 valence electrons. The minimum Gasteiger partial charge on any atom is -0.436 e. The highest BCUT2D eigenvalue weighted by molar-refractivity contribution is 6.31. The summed E-state index contributed by atoms with van der Waals surface area (Å²) in [4.78, 5) is 23.1. The van der Waals surface area contributed by atoms with Crippen molar-refractivity contribution in [2.45, 2.75) is 6.18 Å². The number of aromatic nitrogens is 3. The highest BCUT2D eigenvalue weighted by Crippen LogP contribution is 2.28. The third-order valence-electron chi connectivity index (χ3n) is 3.93. The van der Waals surface area contributed by atoms with Crippen LogP contribution in [-0.2, 0) is 4.79 Å². The van der Waals surface area contributed by atoms with Gasteiger partial charge in [-0.05, 0) is 24.3 Å². The van der Waals surface area contributed by atoms with E-state index in [1.54, 1.807) is 47.8 Å². The first-order chi connectivity index (χ1) is 13.8. The Morgan fingerprint density at radius 1 is 1.00 bits per heavy atom. The van der Waals surface area contributed by atoms with Gasteiger partial charge in [-0.3, -0.25) is 9.78 Å². The van der Waals surface area contributed by atoms with Crippen molar-refractivity contribution in [1.82, 2.24) is 15.0 Å². The van der Waals surface area contributed by atoms with Gasteiger partial charge in [0.2, 0.25) is 5.89 Å². The van der Waals surface area contributed by atoms with Gasteiger partial charge in [0.25, 0.3) is 0 Å². The Hall–Kier alpha value is -3.46. The van der Waals surface area contributed by atoms with E-state index in [0.29, 0.717) is 33.3 Å². The lowest BCUT2D eigenvalue weighted by Crippen LogP contribution is -2.30. The van der Waals surface area contributed by atoms with Crippen LogP contribution in [0.1, 0.15) is 0 Å². The van der Waals surface area contributed by atoms with Gasteiger partial charge in [0, 0.05) is 22.2 Å². The predicted molar refractivity (Wildman–Crippen MR) is 100 cm³/mol. The third kappa shape index (κ3) is 4.04. The lowest BCUT2D eigenvalue weighted by atomic mass is 10.1. The van der Waals surface area contributed by atoms with Gasteiger partial charge in [-0.1, -0.05) is 23.7 Å². The second-order valence-electron chi connectivity index (χ2n) is 5.95. The summed E-state index contributed by atoms with van der Waals surface area (Å²) in [7, 11) is 0. The van der Waals surface area contributed by atoms with Crippen LogP contribution < -0.4 is 5.32 Å². The first-order valence-corrected chi connectivity index (χ1v) is 8.54. The molecule has 2 aromatic carbocycles. The molecule has 4 aromatic rings. The maximum atomic E-state index is 12.3. The number of carbonyl (C=O) groups is 1. The third-order valence-corrected chi connectivity index (χ3v) is 4.16. The fraction of sp³-hybridized carbons (Fsp3) is 0.0526. The summed E-state index contributed by atoms with van der Waals surface area (Å²) in [6, 6.07) is 12.2. The Balaban J connectivity index is 1.53. The summed E-state index contributed by atoms with van der Waals surface area (Å²) >= 11 is 5.94. The van der Waals surface area contributed by atoms with Crippen molar-refractivity contribution in [3.8, 4) is 22.7 Å². The van der Waals surface area contributed by atoms with Crippen LogP contribution >= 0.6 is 11.6 Å². The van der Waals surface area contributed by atoms with Crippen molar-refractivity contribution >= 4 is 34.4 Å². The average Bonchev–Trinajstić information content (AvgIpc) is 3.11. The van der Waals surface area contributed by atoms with Crippen LogP contribution in [0.15, 0.2) is 59.3 Å². The second kappa shape index (κ2) is 7.17. The van der Waals surface area contributed by atoms with Crippen LogP contribution in [0.2, 0.25) is 5.02 Å². The molecule has 0 aliphatic carbocycles. The van der Waals surface area contributed by atoms with Gasteiger partial charge >= 0.3 is 12.1 Å². The summed E-state index contributed by atoms with van der Waals surface area (Å²) < 4.78 is 42.5. The van der Waals surface area contributed by atoms with Crippen LogP contribution in [-0.4, -0.2) is 27.0 Å².